The summed E-state index contributed by atoms with van der Waals surface area (Å²) in [5.74, 6) is -0.112. The molecule has 4 heteroatoms. The normalized spacial score (nSPS) is 11.6. The quantitative estimate of drug-likeness (QED) is 0.659. The molecular weight excluding hydrogens is 166 g/mol. The van der Waals surface area contributed by atoms with Gasteiger partial charge >= 0.3 is 6.03 Å². The second-order valence-electron chi connectivity index (χ2n) is 3.21. The Kier molecular flexibility index (Phi) is 4.90. The second kappa shape index (κ2) is 5.41. The fraction of sp³-hybridized carbons (Fsp3) is 0.778. The van der Waals surface area contributed by atoms with Gasteiger partial charge in [0, 0.05) is 27.2 Å². The first-order valence-corrected chi connectivity index (χ1v) is 4.38. The van der Waals surface area contributed by atoms with Crippen molar-refractivity contribution in [2.75, 3.05) is 27.2 Å². The molecule has 0 bridgehead atoms. The van der Waals surface area contributed by atoms with Crippen LogP contribution in [0, 0.1) is 17.2 Å². The Morgan fingerprint density at radius 1 is 1.46 bits per heavy atom. The first-order chi connectivity index (χ1) is 6.02. The molecule has 0 aromatic carbocycles. The fourth-order valence-electron chi connectivity index (χ4n) is 0.956. The summed E-state index contributed by atoms with van der Waals surface area (Å²) in [4.78, 5) is 14.6. The minimum atomic E-state index is -0.112. The van der Waals surface area contributed by atoms with E-state index in [1.54, 1.807) is 30.8 Å². The zero-order chi connectivity index (χ0) is 10.4. The summed E-state index contributed by atoms with van der Waals surface area (Å²) in [5.41, 5.74) is 0. The van der Waals surface area contributed by atoms with Gasteiger partial charge in [-0.05, 0) is 13.8 Å². The number of nitrogens with zero attached hydrogens (tertiary/aromatic N) is 3. The van der Waals surface area contributed by atoms with Crippen molar-refractivity contribution in [2.45, 2.75) is 13.8 Å². The minimum Gasteiger partial charge on any atom is -0.328 e. The van der Waals surface area contributed by atoms with Crippen molar-refractivity contribution in [3.63, 3.8) is 0 Å². The number of amides is 2. The van der Waals surface area contributed by atoms with E-state index in [4.69, 9.17) is 5.26 Å². The Morgan fingerprint density at radius 3 is 2.38 bits per heavy atom. The summed E-state index contributed by atoms with van der Waals surface area (Å²) >= 11 is 0. The summed E-state index contributed by atoms with van der Waals surface area (Å²) in [6, 6.07) is 2.06. The zero-order valence-corrected chi connectivity index (χ0v) is 8.74. The summed E-state index contributed by atoms with van der Waals surface area (Å²) in [5, 5.41) is 8.56. The number of hydrogen-bond acceptors (Lipinski definition) is 2. The van der Waals surface area contributed by atoms with E-state index in [9.17, 15) is 4.79 Å². The van der Waals surface area contributed by atoms with Crippen molar-refractivity contribution in [1.29, 1.82) is 5.26 Å². The van der Waals surface area contributed by atoms with E-state index in [2.05, 4.69) is 6.07 Å². The van der Waals surface area contributed by atoms with Gasteiger partial charge in [0.25, 0.3) is 0 Å². The van der Waals surface area contributed by atoms with Gasteiger partial charge in [-0.1, -0.05) is 0 Å². The molecular formula is C9H17N3O. The van der Waals surface area contributed by atoms with Crippen LogP contribution in [0.2, 0.25) is 0 Å². The Bertz CT molecular complexity index is 209. The summed E-state index contributed by atoms with van der Waals surface area (Å²) < 4.78 is 0. The van der Waals surface area contributed by atoms with Gasteiger partial charge in [0.2, 0.25) is 0 Å². The molecule has 0 aliphatic carbocycles. The van der Waals surface area contributed by atoms with Gasteiger partial charge < -0.3 is 9.80 Å². The highest BCUT2D eigenvalue weighted by Crippen LogP contribution is 1.99. The van der Waals surface area contributed by atoms with Gasteiger partial charge in [-0.2, -0.15) is 5.26 Å². The number of carbonyl (C=O) groups is 1. The Morgan fingerprint density at radius 2 is 2.00 bits per heavy atom. The highest BCUT2D eigenvalue weighted by atomic mass is 16.2. The van der Waals surface area contributed by atoms with E-state index >= 15 is 0 Å². The van der Waals surface area contributed by atoms with Crippen molar-refractivity contribution in [2.24, 2.45) is 5.92 Å². The van der Waals surface area contributed by atoms with Crippen molar-refractivity contribution in [3.8, 4) is 6.07 Å². The Labute approximate surface area is 79.7 Å². The van der Waals surface area contributed by atoms with Crippen LogP contribution in [-0.2, 0) is 0 Å². The first kappa shape index (κ1) is 11.8. The average Bonchev–Trinajstić information content (AvgIpc) is 2.14. The maximum Gasteiger partial charge on any atom is 0.319 e. The molecule has 0 aliphatic heterocycles. The minimum absolute atomic E-state index is 0.0374. The molecule has 1 unspecified atom stereocenters. The smallest absolute Gasteiger partial charge is 0.319 e. The first-order valence-electron chi connectivity index (χ1n) is 4.38. The fourth-order valence-corrected chi connectivity index (χ4v) is 0.956. The molecule has 0 radical (unpaired) electrons. The van der Waals surface area contributed by atoms with E-state index in [1.165, 1.54) is 0 Å². The number of nitriles is 1. The van der Waals surface area contributed by atoms with E-state index in [0.717, 1.165) is 0 Å². The van der Waals surface area contributed by atoms with Crippen LogP contribution in [0.5, 0.6) is 0 Å². The van der Waals surface area contributed by atoms with Crippen LogP contribution in [0.3, 0.4) is 0 Å². The molecule has 2 amide bonds. The molecule has 0 saturated heterocycles. The Balaban J connectivity index is 4.05. The van der Waals surface area contributed by atoms with Crippen molar-refractivity contribution in [1.82, 2.24) is 9.80 Å². The lowest BCUT2D eigenvalue weighted by atomic mass is 10.2. The zero-order valence-electron chi connectivity index (χ0n) is 8.74. The van der Waals surface area contributed by atoms with Crippen LogP contribution >= 0.6 is 0 Å². The molecule has 0 spiro atoms. The predicted octanol–water partition coefficient (Wildman–Crippen LogP) is 1.15. The maximum absolute atomic E-state index is 11.5. The molecule has 1 atom stereocenters. The van der Waals surface area contributed by atoms with E-state index in [0.29, 0.717) is 13.1 Å². The third kappa shape index (κ3) is 3.79. The van der Waals surface area contributed by atoms with Gasteiger partial charge in [0.05, 0.1) is 12.0 Å². The summed E-state index contributed by atoms with van der Waals surface area (Å²) in [6.07, 6.45) is 0. The lowest BCUT2D eigenvalue weighted by Crippen LogP contribution is -2.40. The largest absolute Gasteiger partial charge is 0.328 e. The maximum atomic E-state index is 11.5. The molecule has 0 heterocycles. The van der Waals surface area contributed by atoms with Crippen LogP contribution < -0.4 is 0 Å². The highest BCUT2D eigenvalue weighted by Gasteiger charge is 2.14. The third-order valence-corrected chi connectivity index (χ3v) is 1.90. The molecule has 13 heavy (non-hydrogen) atoms. The second-order valence-corrected chi connectivity index (χ2v) is 3.21. The standard InChI is InChI=1S/C9H17N3O/c1-5-11(3)9(13)12(4)7-8(2)6-10/h8H,5,7H2,1-4H3. The van der Waals surface area contributed by atoms with E-state index in [-0.39, 0.29) is 11.9 Å². The monoisotopic (exact) mass is 183 g/mol. The average molecular weight is 183 g/mol. The topological polar surface area (TPSA) is 47.3 Å². The van der Waals surface area contributed by atoms with Crippen molar-refractivity contribution in [3.05, 3.63) is 0 Å². The lowest BCUT2D eigenvalue weighted by molar-refractivity contribution is 0.172. The molecule has 0 aromatic rings. The number of carbonyl (C=O) groups excluding carboxylic acids is 1. The van der Waals surface area contributed by atoms with Crippen LogP contribution in [0.25, 0.3) is 0 Å². The third-order valence-electron chi connectivity index (χ3n) is 1.90. The molecule has 0 aromatic heterocycles. The predicted molar refractivity (Wildman–Crippen MR) is 51.1 cm³/mol. The molecule has 0 aliphatic rings. The molecule has 0 fully saturated rings. The van der Waals surface area contributed by atoms with Gasteiger partial charge in [-0.25, -0.2) is 4.79 Å². The Hall–Kier alpha value is -1.24. The van der Waals surface area contributed by atoms with Crippen LogP contribution in [0.1, 0.15) is 13.8 Å². The number of rotatable bonds is 3. The van der Waals surface area contributed by atoms with E-state index < -0.39 is 0 Å². The van der Waals surface area contributed by atoms with E-state index in [1.807, 2.05) is 6.92 Å². The van der Waals surface area contributed by atoms with Crippen LogP contribution in [0.15, 0.2) is 0 Å². The van der Waals surface area contributed by atoms with Gasteiger partial charge in [0.15, 0.2) is 0 Å². The van der Waals surface area contributed by atoms with Crippen molar-refractivity contribution >= 4 is 6.03 Å². The van der Waals surface area contributed by atoms with Gasteiger partial charge in [0.1, 0.15) is 0 Å². The molecule has 74 valence electrons. The van der Waals surface area contributed by atoms with Gasteiger partial charge in [-0.3, -0.25) is 0 Å². The molecule has 4 nitrogen and oxygen atoms in total. The number of hydrogen-bond donors (Lipinski definition) is 0. The summed E-state index contributed by atoms with van der Waals surface area (Å²) in [6.45, 7) is 4.89. The summed E-state index contributed by atoms with van der Waals surface area (Å²) in [7, 11) is 3.46. The molecule has 0 N–H and O–H groups in total. The van der Waals surface area contributed by atoms with Crippen LogP contribution in [-0.4, -0.2) is 43.0 Å². The number of urea groups is 1. The molecule has 0 rings (SSSR count). The highest BCUT2D eigenvalue weighted by molar-refractivity contribution is 5.73. The van der Waals surface area contributed by atoms with Crippen molar-refractivity contribution < 1.29 is 4.79 Å². The molecule has 0 saturated carbocycles. The lowest BCUT2D eigenvalue weighted by Gasteiger charge is -2.24. The SMILES string of the molecule is CCN(C)C(=O)N(C)CC(C)C#N. The van der Waals surface area contributed by atoms with Crippen LogP contribution in [0.4, 0.5) is 4.79 Å². The van der Waals surface area contributed by atoms with Gasteiger partial charge in [-0.15, -0.1) is 0 Å².